The van der Waals surface area contributed by atoms with Crippen molar-refractivity contribution in [3.05, 3.63) is 64.1 Å². The van der Waals surface area contributed by atoms with Gasteiger partial charge in [-0.05, 0) is 50.1 Å². The first-order chi connectivity index (χ1) is 15.6. The van der Waals surface area contributed by atoms with E-state index in [-0.39, 0.29) is 36.2 Å². The molecule has 0 radical (unpaired) electrons. The zero-order chi connectivity index (χ0) is 24.6. The number of hydrogen-bond donors (Lipinski definition) is 1. The largest absolute Gasteiger partial charge is 0.355 e. The van der Waals surface area contributed by atoms with Crippen LogP contribution < -0.4 is 5.32 Å². The molecule has 1 N–H and O–H groups in total. The number of hydrogen-bond acceptors (Lipinski definition) is 4. The second-order valence-corrected chi connectivity index (χ2v) is 10.5. The fourth-order valence-electron chi connectivity index (χ4n) is 3.23. The lowest BCUT2D eigenvalue weighted by molar-refractivity contribution is -0.140. The van der Waals surface area contributed by atoms with Crippen LogP contribution in [0.25, 0.3) is 0 Å². The van der Waals surface area contributed by atoms with Crippen molar-refractivity contribution >= 4 is 45.0 Å². The molecule has 0 aliphatic rings. The fourth-order valence-corrected chi connectivity index (χ4v) is 4.93. The maximum atomic E-state index is 13.1. The van der Waals surface area contributed by atoms with Gasteiger partial charge in [0.2, 0.25) is 21.8 Å². The fraction of sp³-hybridized carbons (Fsp3) is 0.391. The Morgan fingerprint density at radius 3 is 2.36 bits per heavy atom. The number of halogens is 2. The van der Waals surface area contributed by atoms with Crippen LogP contribution >= 0.6 is 23.2 Å². The van der Waals surface area contributed by atoms with Gasteiger partial charge in [0.15, 0.2) is 0 Å². The normalized spacial score (nSPS) is 12.4. The van der Waals surface area contributed by atoms with Gasteiger partial charge in [0.1, 0.15) is 6.04 Å². The van der Waals surface area contributed by atoms with E-state index >= 15 is 0 Å². The molecule has 0 aromatic heterocycles. The predicted octanol–water partition coefficient (Wildman–Crippen LogP) is 3.95. The number of amides is 2. The summed E-state index contributed by atoms with van der Waals surface area (Å²) in [6.07, 6.45) is 0.373. The number of sulfonamides is 1. The molecule has 2 rings (SSSR count). The molecular formula is C23H29Cl2N3O4S. The average molecular weight is 514 g/mol. The number of likely N-dealkylation sites (N-methyl/N-ethyl adjacent to an activating group) is 1. The Kier molecular flexibility index (Phi) is 10.2. The van der Waals surface area contributed by atoms with Crippen molar-refractivity contribution in [3.63, 3.8) is 0 Å². The highest BCUT2D eigenvalue weighted by Crippen LogP contribution is 2.24. The van der Waals surface area contributed by atoms with E-state index in [9.17, 15) is 18.0 Å². The molecule has 7 nitrogen and oxygen atoms in total. The maximum absolute atomic E-state index is 13.1. The summed E-state index contributed by atoms with van der Waals surface area (Å²) in [5.74, 6) is -0.551. The van der Waals surface area contributed by atoms with Crippen LogP contribution in [0, 0.1) is 0 Å². The van der Waals surface area contributed by atoms with Crippen LogP contribution in [0.15, 0.2) is 53.4 Å². The van der Waals surface area contributed by atoms with Gasteiger partial charge in [0.25, 0.3) is 0 Å². The minimum Gasteiger partial charge on any atom is -0.355 e. The van der Waals surface area contributed by atoms with E-state index in [1.807, 2.05) is 0 Å². The Morgan fingerprint density at radius 2 is 1.76 bits per heavy atom. The summed E-state index contributed by atoms with van der Waals surface area (Å²) in [6.45, 7) is 4.18. The Bertz CT molecular complexity index is 1060. The van der Waals surface area contributed by atoms with Crippen molar-refractivity contribution in [1.82, 2.24) is 14.5 Å². The number of carbonyl (C=O) groups excluding carboxylic acids is 2. The molecular weight excluding hydrogens is 485 g/mol. The summed E-state index contributed by atoms with van der Waals surface area (Å²) in [7, 11) is -2.16. The van der Waals surface area contributed by atoms with Gasteiger partial charge in [-0.15, -0.1) is 0 Å². The minimum atomic E-state index is -3.64. The quantitative estimate of drug-likeness (QED) is 0.492. The van der Waals surface area contributed by atoms with Gasteiger partial charge in [-0.25, -0.2) is 12.7 Å². The van der Waals surface area contributed by atoms with Gasteiger partial charge in [-0.2, -0.15) is 0 Å². The van der Waals surface area contributed by atoms with Crippen LogP contribution in [0.5, 0.6) is 0 Å². The second kappa shape index (κ2) is 12.4. The Labute approximate surface area is 205 Å². The molecule has 0 bridgehead atoms. The van der Waals surface area contributed by atoms with E-state index in [1.165, 1.54) is 28.4 Å². The molecule has 0 aliphatic carbocycles. The predicted molar refractivity (Wildman–Crippen MR) is 131 cm³/mol. The molecule has 180 valence electrons. The second-order valence-electron chi connectivity index (χ2n) is 7.57. The first kappa shape index (κ1) is 27.1. The first-order valence-corrected chi connectivity index (χ1v) is 12.8. The molecule has 33 heavy (non-hydrogen) atoms. The van der Waals surface area contributed by atoms with Crippen LogP contribution in [0.2, 0.25) is 10.0 Å². The number of benzene rings is 2. The summed E-state index contributed by atoms with van der Waals surface area (Å²) in [5, 5.41) is 3.60. The smallest absolute Gasteiger partial charge is 0.242 e. The lowest BCUT2D eigenvalue weighted by Gasteiger charge is -2.29. The van der Waals surface area contributed by atoms with E-state index in [2.05, 4.69) is 5.32 Å². The Hall–Kier alpha value is -2.13. The van der Waals surface area contributed by atoms with E-state index in [4.69, 9.17) is 23.2 Å². The van der Waals surface area contributed by atoms with E-state index in [0.29, 0.717) is 28.6 Å². The summed E-state index contributed by atoms with van der Waals surface area (Å²) >= 11 is 12.2. The third-order valence-corrected chi connectivity index (χ3v) is 7.65. The third kappa shape index (κ3) is 7.43. The van der Waals surface area contributed by atoms with Gasteiger partial charge < -0.3 is 10.2 Å². The number of rotatable bonds is 11. The van der Waals surface area contributed by atoms with Crippen molar-refractivity contribution in [2.75, 3.05) is 20.1 Å². The average Bonchev–Trinajstić information content (AvgIpc) is 2.78. The van der Waals surface area contributed by atoms with E-state index in [0.717, 1.165) is 0 Å². The molecule has 2 aromatic carbocycles. The standard InChI is InChI=1S/C23H29Cl2N3O4S/c1-4-26-23(30)17(2)28(16-18-12-13-19(24)15-21(18)25)22(29)11-8-14-27(3)33(31,32)20-9-6-5-7-10-20/h5-7,9-10,12-13,15,17H,4,8,11,14,16H2,1-3H3,(H,26,30). The Balaban J connectivity index is 2.10. The molecule has 0 heterocycles. The van der Waals surface area contributed by atoms with Gasteiger partial charge in [0.05, 0.1) is 4.90 Å². The van der Waals surface area contributed by atoms with Gasteiger partial charge in [0, 0.05) is 43.1 Å². The molecule has 0 saturated carbocycles. The highest BCUT2D eigenvalue weighted by molar-refractivity contribution is 7.89. The summed E-state index contributed by atoms with van der Waals surface area (Å²) in [4.78, 5) is 27.2. The van der Waals surface area contributed by atoms with Crippen molar-refractivity contribution in [1.29, 1.82) is 0 Å². The molecule has 10 heteroatoms. The maximum Gasteiger partial charge on any atom is 0.242 e. The summed E-state index contributed by atoms with van der Waals surface area (Å²) in [5.41, 5.74) is 0.661. The number of carbonyl (C=O) groups is 2. The lowest BCUT2D eigenvalue weighted by atomic mass is 10.1. The van der Waals surface area contributed by atoms with E-state index in [1.54, 1.807) is 50.2 Å². The summed E-state index contributed by atoms with van der Waals surface area (Å²) < 4.78 is 26.6. The molecule has 0 fully saturated rings. The molecule has 0 spiro atoms. The van der Waals surface area contributed by atoms with E-state index < -0.39 is 16.1 Å². The Morgan fingerprint density at radius 1 is 1.09 bits per heavy atom. The molecule has 1 unspecified atom stereocenters. The first-order valence-electron chi connectivity index (χ1n) is 10.6. The van der Waals surface area contributed by atoms with Crippen LogP contribution in [-0.4, -0.2) is 55.6 Å². The van der Waals surface area contributed by atoms with Crippen LogP contribution in [0.1, 0.15) is 32.3 Å². The van der Waals surface area contributed by atoms with Crippen molar-refractivity contribution < 1.29 is 18.0 Å². The van der Waals surface area contributed by atoms with Gasteiger partial charge in [-0.3, -0.25) is 9.59 Å². The van der Waals surface area contributed by atoms with Gasteiger partial charge >= 0.3 is 0 Å². The van der Waals surface area contributed by atoms with Gasteiger partial charge in [-0.1, -0.05) is 47.5 Å². The van der Waals surface area contributed by atoms with Crippen molar-refractivity contribution in [2.24, 2.45) is 0 Å². The number of nitrogens with zero attached hydrogens (tertiary/aromatic N) is 2. The zero-order valence-electron chi connectivity index (χ0n) is 18.9. The minimum absolute atomic E-state index is 0.0730. The highest BCUT2D eigenvalue weighted by atomic mass is 35.5. The molecule has 0 aliphatic heterocycles. The van der Waals surface area contributed by atoms with Crippen LogP contribution in [0.3, 0.4) is 0 Å². The summed E-state index contributed by atoms with van der Waals surface area (Å²) in [6, 6.07) is 12.4. The molecule has 2 amide bonds. The topological polar surface area (TPSA) is 86.8 Å². The number of nitrogens with one attached hydrogen (secondary N) is 1. The SMILES string of the molecule is CCNC(=O)C(C)N(Cc1ccc(Cl)cc1Cl)C(=O)CCCN(C)S(=O)(=O)c1ccccc1. The van der Waals surface area contributed by atoms with Crippen LogP contribution in [0.4, 0.5) is 0 Å². The zero-order valence-corrected chi connectivity index (χ0v) is 21.3. The van der Waals surface area contributed by atoms with Crippen molar-refractivity contribution in [2.45, 2.75) is 44.2 Å². The van der Waals surface area contributed by atoms with Crippen molar-refractivity contribution in [3.8, 4) is 0 Å². The monoisotopic (exact) mass is 513 g/mol. The highest BCUT2D eigenvalue weighted by Gasteiger charge is 2.27. The third-order valence-electron chi connectivity index (χ3n) is 5.19. The molecule has 0 saturated heterocycles. The molecule has 2 aromatic rings. The van der Waals surface area contributed by atoms with Crippen LogP contribution in [-0.2, 0) is 26.2 Å². The molecule has 1 atom stereocenters. The lowest BCUT2D eigenvalue weighted by Crippen LogP contribution is -2.47.